The number of benzene rings is 1. The van der Waals surface area contributed by atoms with E-state index in [1.807, 2.05) is 0 Å². The molecule has 0 saturated carbocycles. The van der Waals surface area contributed by atoms with Crippen molar-refractivity contribution in [2.75, 3.05) is 5.43 Å². The van der Waals surface area contributed by atoms with Gasteiger partial charge < -0.3 is 10.2 Å². The number of hydrogen-bond acceptors (Lipinski definition) is 7. The van der Waals surface area contributed by atoms with Crippen molar-refractivity contribution in [1.29, 1.82) is 0 Å². The number of nitrogens with two attached hydrogens (primary N) is 1. The molecule has 1 aromatic carbocycles. The molecule has 0 unspecified atom stereocenters. The Morgan fingerprint density at radius 1 is 1.35 bits per heavy atom. The largest absolute Gasteiger partial charge is 0.436 e. The number of aromatic nitrogens is 2. The zero-order valence-corrected chi connectivity index (χ0v) is 12.9. The number of hydrazine groups is 1. The highest BCUT2D eigenvalue weighted by molar-refractivity contribution is 9.11. The van der Waals surface area contributed by atoms with Crippen LogP contribution in [0, 0.1) is 10.1 Å². The zero-order valence-electron chi connectivity index (χ0n) is 9.71. The quantitative estimate of drug-likeness (QED) is 0.457. The summed E-state index contributed by atoms with van der Waals surface area (Å²) < 4.78 is 6.48. The summed E-state index contributed by atoms with van der Waals surface area (Å²) in [7, 11) is 0. The number of nitro benzene ring substituents is 1. The van der Waals surface area contributed by atoms with Gasteiger partial charge in [0.2, 0.25) is 5.88 Å². The monoisotopic (exact) mass is 403 g/mol. The lowest BCUT2D eigenvalue weighted by Gasteiger charge is -2.09. The summed E-state index contributed by atoms with van der Waals surface area (Å²) in [6.45, 7) is 0. The molecule has 10 heteroatoms. The summed E-state index contributed by atoms with van der Waals surface area (Å²) >= 11 is 6.48. The lowest BCUT2D eigenvalue weighted by molar-refractivity contribution is -0.384. The van der Waals surface area contributed by atoms with Crippen LogP contribution in [0.4, 0.5) is 11.5 Å². The first-order valence-corrected chi connectivity index (χ1v) is 6.70. The molecule has 2 rings (SSSR count). The van der Waals surface area contributed by atoms with Crippen LogP contribution in [-0.2, 0) is 0 Å². The van der Waals surface area contributed by atoms with Crippen molar-refractivity contribution in [3.8, 4) is 11.6 Å². The van der Waals surface area contributed by atoms with Gasteiger partial charge in [-0.15, -0.1) is 0 Å². The fourth-order valence-electron chi connectivity index (χ4n) is 1.31. The van der Waals surface area contributed by atoms with Crippen LogP contribution < -0.4 is 16.0 Å². The molecule has 0 fully saturated rings. The molecule has 0 aliphatic rings. The van der Waals surface area contributed by atoms with Gasteiger partial charge >= 0.3 is 0 Å². The summed E-state index contributed by atoms with van der Waals surface area (Å²) in [5.74, 6) is 6.04. The van der Waals surface area contributed by atoms with Crippen LogP contribution in [0.3, 0.4) is 0 Å². The van der Waals surface area contributed by atoms with E-state index in [0.717, 1.165) is 0 Å². The van der Waals surface area contributed by atoms with Gasteiger partial charge in [-0.25, -0.2) is 15.8 Å². The molecule has 0 aliphatic heterocycles. The third kappa shape index (κ3) is 3.03. The fraction of sp³-hybridized carbons (Fsp3) is 0. The average Bonchev–Trinajstić information content (AvgIpc) is 2.43. The minimum atomic E-state index is -0.513. The first-order chi connectivity index (χ1) is 9.52. The van der Waals surface area contributed by atoms with Crippen molar-refractivity contribution < 1.29 is 9.66 Å². The maximum atomic E-state index is 10.8. The van der Waals surface area contributed by atoms with Crippen molar-refractivity contribution in [2.45, 2.75) is 0 Å². The van der Waals surface area contributed by atoms with Gasteiger partial charge in [0.1, 0.15) is 10.8 Å². The van der Waals surface area contributed by atoms with Gasteiger partial charge in [0, 0.05) is 6.07 Å². The number of halogens is 2. The highest BCUT2D eigenvalue weighted by Gasteiger charge is 2.15. The molecule has 0 amide bonds. The average molecular weight is 405 g/mol. The second kappa shape index (κ2) is 6.11. The van der Waals surface area contributed by atoms with E-state index in [2.05, 4.69) is 47.3 Å². The molecule has 3 N–H and O–H groups in total. The molecule has 8 nitrogen and oxygen atoms in total. The first kappa shape index (κ1) is 14.6. The molecule has 0 atom stereocenters. The number of nitrogens with zero attached hydrogens (tertiary/aromatic N) is 3. The Morgan fingerprint density at radius 2 is 2.10 bits per heavy atom. The molecule has 0 bridgehead atoms. The van der Waals surface area contributed by atoms with Gasteiger partial charge in [-0.1, -0.05) is 0 Å². The smallest absolute Gasteiger partial charge is 0.273 e. The normalized spacial score (nSPS) is 10.2. The minimum absolute atomic E-state index is 0.0921. The molecule has 20 heavy (non-hydrogen) atoms. The van der Waals surface area contributed by atoms with E-state index in [9.17, 15) is 10.1 Å². The van der Waals surface area contributed by atoms with E-state index >= 15 is 0 Å². The molecule has 0 aliphatic carbocycles. The maximum Gasteiger partial charge on any atom is 0.273 e. The number of ether oxygens (including phenoxy) is 1. The van der Waals surface area contributed by atoms with Crippen molar-refractivity contribution in [3.05, 3.63) is 43.6 Å². The number of nitrogens with one attached hydrogen (secondary N) is 1. The molecule has 104 valence electrons. The molecule has 1 aromatic heterocycles. The van der Waals surface area contributed by atoms with Crippen LogP contribution in [0.5, 0.6) is 11.6 Å². The summed E-state index contributed by atoms with van der Waals surface area (Å²) in [6, 6.07) is 4.16. The summed E-state index contributed by atoms with van der Waals surface area (Å²) in [6.07, 6.45) is 1.25. The summed E-state index contributed by atoms with van der Waals surface area (Å²) in [4.78, 5) is 18.0. The molecule has 0 saturated heterocycles. The van der Waals surface area contributed by atoms with E-state index in [0.29, 0.717) is 14.8 Å². The molecule has 0 spiro atoms. The van der Waals surface area contributed by atoms with Crippen LogP contribution in [-0.4, -0.2) is 14.9 Å². The van der Waals surface area contributed by atoms with Crippen LogP contribution in [0.15, 0.2) is 33.5 Å². The Kier molecular flexibility index (Phi) is 4.47. The highest BCUT2D eigenvalue weighted by Crippen LogP contribution is 2.36. The predicted molar refractivity (Wildman–Crippen MR) is 78.4 cm³/mol. The predicted octanol–water partition coefficient (Wildman–Crippen LogP) is 2.99. The van der Waals surface area contributed by atoms with Crippen LogP contribution >= 0.6 is 31.9 Å². The number of non-ortho nitro benzene ring substituents is 1. The second-order valence-electron chi connectivity index (χ2n) is 3.46. The Balaban J connectivity index is 2.39. The number of rotatable bonds is 4. The highest BCUT2D eigenvalue weighted by atomic mass is 79.9. The van der Waals surface area contributed by atoms with Crippen LogP contribution in [0.1, 0.15) is 0 Å². The standard InChI is InChI=1S/C10H7Br2N5O3/c11-6-2-1-5(17(18)19)3-7(6)20-10-8(12)9(16-13)14-4-15-10/h1-4H,13H2,(H,14,15,16). The third-order valence-corrected chi connectivity index (χ3v) is 3.60. The van der Waals surface area contributed by atoms with E-state index < -0.39 is 4.92 Å². The Morgan fingerprint density at radius 3 is 2.75 bits per heavy atom. The molecule has 0 radical (unpaired) electrons. The fourth-order valence-corrected chi connectivity index (χ4v) is 2.04. The number of hydrogen-bond donors (Lipinski definition) is 2. The van der Waals surface area contributed by atoms with Crippen LogP contribution in [0.2, 0.25) is 0 Å². The van der Waals surface area contributed by atoms with E-state index in [1.165, 1.54) is 24.5 Å². The third-order valence-electron chi connectivity index (χ3n) is 2.23. The SMILES string of the molecule is NNc1ncnc(Oc2cc([N+](=O)[O-])ccc2Br)c1Br. The van der Waals surface area contributed by atoms with Gasteiger partial charge in [0.05, 0.1) is 15.5 Å². The number of anilines is 1. The second-order valence-corrected chi connectivity index (χ2v) is 5.11. The Hall–Kier alpha value is -1.78. The number of nitro groups is 1. The summed E-state index contributed by atoms with van der Waals surface area (Å²) in [5.41, 5.74) is 2.28. The van der Waals surface area contributed by atoms with Crippen molar-refractivity contribution >= 4 is 43.4 Å². The zero-order chi connectivity index (χ0) is 14.7. The van der Waals surface area contributed by atoms with Gasteiger partial charge in [0.15, 0.2) is 11.6 Å². The van der Waals surface area contributed by atoms with E-state index in [4.69, 9.17) is 10.6 Å². The number of nitrogen functional groups attached to an aromatic ring is 1. The van der Waals surface area contributed by atoms with E-state index in [-0.39, 0.29) is 17.3 Å². The molecule has 1 heterocycles. The molecule has 2 aromatic rings. The topological polar surface area (TPSA) is 116 Å². The van der Waals surface area contributed by atoms with Gasteiger partial charge in [-0.3, -0.25) is 10.1 Å². The van der Waals surface area contributed by atoms with Gasteiger partial charge in [0.25, 0.3) is 5.69 Å². The van der Waals surface area contributed by atoms with Crippen molar-refractivity contribution in [1.82, 2.24) is 9.97 Å². The molecular weight excluding hydrogens is 398 g/mol. The van der Waals surface area contributed by atoms with E-state index in [1.54, 1.807) is 0 Å². The van der Waals surface area contributed by atoms with Gasteiger partial charge in [-0.2, -0.15) is 0 Å². The Labute approximate surface area is 129 Å². The Bertz CT molecular complexity index is 667. The van der Waals surface area contributed by atoms with Crippen molar-refractivity contribution in [2.24, 2.45) is 5.84 Å². The minimum Gasteiger partial charge on any atom is -0.436 e. The lowest BCUT2D eigenvalue weighted by Crippen LogP contribution is -2.09. The first-order valence-electron chi connectivity index (χ1n) is 5.12. The molecular formula is C10H7Br2N5O3. The lowest BCUT2D eigenvalue weighted by atomic mass is 10.3. The van der Waals surface area contributed by atoms with Gasteiger partial charge in [-0.05, 0) is 37.9 Å². The van der Waals surface area contributed by atoms with Crippen molar-refractivity contribution in [3.63, 3.8) is 0 Å². The van der Waals surface area contributed by atoms with Crippen LogP contribution in [0.25, 0.3) is 0 Å². The summed E-state index contributed by atoms with van der Waals surface area (Å²) in [5, 5.41) is 10.8. The maximum absolute atomic E-state index is 10.8.